The molecule has 0 fully saturated rings. The third-order valence-electron chi connectivity index (χ3n) is 2.77. The predicted molar refractivity (Wildman–Crippen MR) is 71.1 cm³/mol. The van der Waals surface area contributed by atoms with Crippen molar-refractivity contribution in [2.75, 3.05) is 11.9 Å². The van der Waals surface area contributed by atoms with E-state index >= 15 is 0 Å². The lowest BCUT2D eigenvalue weighted by Crippen LogP contribution is -2.14. The monoisotopic (exact) mass is 314 g/mol. The minimum Gasteiger partial charge on any atom is -0.461 e. The van der Waals surface area contributed by atoms with E-state index < -0.39 is 17.7 Å². The van der Waals surface area contributed by atoms with E-state index in [1.807, 2.05) is 0 Å². The van der Waals surface area contributed by atoms with Crippen LogP contribution >= 0.6 is 0 Å². The van der Waals surface area contributed by atoms with Gasteiger partial charge in [-0.05, 0) is 13.0 Å². The molecule has 0 aromatic carbocycles. The Morgan fingerprint density at radius 1 is 1.45 bits per heavy atom. The summed E-state index contributed by atoms with van der Waals surface area (Å²) in [6.07, 6.45) is -1.26. The minimum absolute atomic E-state index is 0.0389. The SMILES string of the molecule is CCOC(=O)c1nc[nH]c1CNc1ccncc1C(F)(F)F. The van der Waals surface area contributed by atoms with Crippen LogP contribution in [0.3, 0.4) is 0 Å². The van der Waals surface area contributed by atoms with Crippen LogP contribution in [0.4, 0.5) is 18.9 Å². The first kappa shape index (κ1) is 15.8. The molecule has 2 aromatic heterocycles. The van der Waals surface area contributed by atoms with Gasteiger partial charge in [0.25, 0.3) is 0 Å². The number of aromatic amines is 1. The molecule has 0 bridgehead atoms. The number of ether oxygens (including phenoxy) is 1. The molecule has 0 spiro atoms. The number of alkyl halides is 3. The summed E-state index contributed by atoms with van der Waals surface area (Å²) >= 11 is 0. The Hall–Kier alpha value is -2.58. The fraction of sp³-hybridized carbons (Fsp3) is 0.308. The Balaban J connectivity index is 2.15. The topological polar surface area (TPSA) is 79.9 Å². The first-order chi connectivity index (χ1) is 10.4. The molecule has 22 heavy (non-hydrogen) atoms. The van der Waals surface area contributed by atoms with Crippen molar-refractivity contribution >= 4 is 11.7 Å². The van der Waals surface area contributed by atoms with Gasteiger partial charge in [0.05, 0.1) is 30.7 Å². The minimum atomic E-state index is -4.52. The molecule has 0 aliphatic heterocycles. The van der Waals surface area contributed by atoms with Crippen LogP contribution in [-0.2, 0) is 17.5 Å². The van der Waals surface area contributed by atoms with Crippen LogP contribution < -0.4 is 5.32 Å². The lowest BCUT2D eigenvalue weighted by Gasteiger charge is -2.13. The molecule has 0 radical (unpaired) electrons. The number of H-pyrrole nitrogens is 1. The van der Waals surface area contributed by atoms with Crippen LogP contribution in [0, 0.1) is 0 Å². The quantitative estimate of drug-likeness (QED) is 0.829. The van der Waals surface area contributed by atoms with Crippen LogP contribution in [0.1, 0.15) is 28.7 Å². The number of rotatable bonds is 5. The molecule has 2 heterocycles. The average Bonchev–Trinajstić information content (AvgIpc) is 2.93. The first-order valence-electron chi connectivity index (χ1n) is 6.38. The Labute approximate surface area is 123 Å². The zero-order valence-corrected chi connectivity index (χ0v) is 11.6. The second-order valence-electron chi connectivity index (χ2n) is 4.22. The van der Waals surface area contributed by atoms with E-state index in [2.05, 4.69) is 20.3 Å². The summed E-state index contributed by atoms with van der Waals surface area (Å²) in [5, 5.41) is 2.62. The van der Waals surface area contributed by atoms with Crippen molar-refractivity contribution in [3.63, 3.8) is 0 Å². The summed E-state index contributed by atoms with van der Waals surface area (Å²) in [5.41, 5.74) is -0.639. The Morgan fingerprint density at radius 3 is 2.91 bits per heavy atom. The van der Waals surface area contributed by atoms with E-state index in [9.17, 15) is 18.0 Å². The molecule has 0 atom stereocenters. The highest BCUT2D eigenvalue weighted by atomic mass is 19.4. The number of imidazole rings is 1. The number of anilines is 1. The second-order valence-corrected chi connectivity index (χ2v) is 4.22. The molecular formula is C13H13F3N4O2. The Kier molecular flexibility index (Phi) is 4.64. The number of carbonyl (C=O) groups excluding carboxylic acids is 1. The number of nitrogens with zero attached hydrogens (tertiary/aromatic N) is 2. The number of aromatic nitrogens is 3. The van der Waals surface area contributed by atoms with E-state index in [-0.39, 0.29) is 24.5 Å². The molecule has 0 saturated carbocycles. The van der Waals surface area contributed by atoms with Crippen LogP contribution in [0.5, 0.6) is 0 Å². The van der Waals surface area contributed by atoms with Crippen molar-refractivity contribution in [2.45, 2.75) is 19.6 Å². The standard InChI is InChI=1S/C13H13F3N4O2/c1-2-22-12(21)11-10(19-7-20-11)6-18-9-3-4-17-5-8(9)13(14,15)16/h3-5,7H,2,6H2,1H3,(H,17,18)(H,19,20). The van der Waals surface area contributed by atoms with Gasteiger partial charge in [-0.2, -0.15) is 13.2 Å². The first-order valence-corrected chi connectivity index (χ1v) is 6.38. The molecule has 0 amide bonds. The summed E-state index contributed by atoms with van der Waals surface area (Å²) < 4.78 is 43.4. The summed E-state index contributed by atoms with van der Waals surface area (Å²) in [7, 11) is 0. The van der Waals surface area contributed by atoms with Gasteiger partial charge < -0.3 is 15.0 Å². The fourth-order valence-corrected chi connectivity index (χ4v) is 1.79. The van der Waals surface area contributed by atoms with Crippen molar-refractivity contribution in [3.8, 4) is 0 Å². The van der Waals surface area contributed by atoms with Gasteiger partial charge in [-0.15, -0.1) is 0 Å². The van der Waals surface area contributed by atoms with Crippen molar-refractivity contribution in [1.82, 2.24) is 15.0 Å². The maximum absolute atomic E-state index is 12.8. The number of hydrogen-bond donors (Lipinski definition) is 2. The number of pyridine rings is 1. The van der Waals surface area contributed by atoms with Crippen LogP contribution in [0.15, 0.2) is 24.8 Å². The third-order valence-corrected chi connectivity index (χ3v) is 2.77. The van der Waals surface area contributed by atoms with E-state index in [1.165, 1.54) is 18.6 Å². The number of esters is 1. The Bertz CT molecular complexity index is 655. The molecule has 2 rings (SSSR count). The molecule has 0 saturated heterocycles. The summed E-state index contributed by atoms with van der Waals surface area (Å²) in [5.74, 6) is -0.633. The van der Waals surface area contributed by atoms with Crippen molar-refractivity contribution in [3.05, 3.63) is 41.7 Å². The molecular weight excluding hydrogens is 301 g/mol. The molecule has 118 valence electrons. The summed E-state index contributed by atoms with van der Waals surface area (Å²) in [4.78, 5) is 21.6. The summed E-state index contributed by atoms with van der Waals surface area (Å²) in [6, 6.07) is 1.21. The highest BCUT2D eigenvalue weighted by molar-refractivity contribution is 5.88. The van der Waals surface area contributed by atoms with Gasteiger partial charge >= 0.3 is 12.1 Å². The van der Waals surface area contributed by atoms with Gasteiger partial charge in [-0.3, -0.25) is 4.98 Å². The largest absolute Gasteiger partial charge is 0.461 e. The summed E-state index contributed by atoms with van der Waals surface area (Å²) in [6.45, 7) is 1.79. The van der Waals surface area contributed by atoms with E-state index in [0.29, 0.717) is 5.69 Å². The van der Waals surface area contributed by atoms with Crippen molar-refractivity contribution < 1.29 is 22.7 Å². The van der Waals surface area contributed by atoms with E-state index in [4.69, 9.17) is 4.74 Å². The zero-order valence-electron chi connectivity index (χ0n) is 11.6. The molecule has 2 N–H and O–H groups in total. The maximum Gasteiger partial charge on any atom is 0.419 e. The number of halogens is 3. The van der Waals surface area contributed by atoms with Gasteiger partial charge in [0.1, 0.15) is 0 Å². The van der Waals surface area contributed by atoms with Crippen LogP contribution in [0.2, 0.25) is 0 Å². The molecule has 0 aliphatic rings. The fourth-order valence-electron chi connectivity index (χ4n) is 1.79. The normalized spacial score (nSPS) is 11.3. The highest BCUT2D eigenvalue weighted by Crippen LogP contribution is 2.34. The number of hydrogen-bond acceptors (Lipinski definition) is 5. The third kappa shape index (κ3) is 3.54. The van der Waals surface area contributed by atoms with E-state index in [0.717, 1.165) is 6.20 Å². The lowest BCUT2D eigenvalue weighted by molar-refractivity contribution is -0.137. The van der Waals surface area contributed by atoms with Crippen LogP contribution in [0.25, 0.3) is 0 Å². The van der Waals surface area contributed by atoms with Gasteiger partial charge in [0.15, 0.2) is 5.69 Å². The predicted octanol–water partition coefficient (Wildman–Crippen LogP) is 2.61. The highest BCUT2D eigenvalue weighted by Gasteiger charge is 2.33. The smallest absolute Gasteiger partial charge is 0.419 e. The average molecular weight is 314 g/mol. The van der Waals surface area contributed by atoms with Crippen molar-refractivity contribution in [1.29, 1.82) is 0 Å². The molecule has 0 unspecified atom stereocenters. The Morgan fingerprint density at radius 2 is 2.23 bits per heavy atom. The molecule has 6 nitrogen and oxygen atoms in total. The van der Waals surface area contributed by atoms with Gasteiger partial charge in [0.2, 0.25) is 0 Å². The van der Waals surface area contributed by atoms with Gasteiger partial charge in [-0.25, -0.2) is 9.78 Å². The lowest BCUT2D eigenvalue weighted by atomic mass is 10.2. The number of carbonyl (C=O) groups is 1. The van der Waals surface area contributed by atoms with Gasteiger partial charge in [0, 0.05) is 18.1 Å². The molecule has 2 aromatic rings. The van der Waals surface area contributed by atoms with Gasteiger partial charge in [-0.1, -0.05) is 0 Å². The zero-order chi connectivity index (χ0) is 16.2. The second kappa shape index (κ2) is 6.46. The molecule has 0 aliphatic carbocycles. The molecule has 9 heteroatoms. The van der Waals surface area contributed by atoms with Crippen LogP contribution in [-0.4, -0.2) is 27.5 Å². The van der Waals surface area contributed by atoms with E-state index in [1.54, 1.807) is 6.92 Å². The number of nitrogens with one attached hydrogen (secondary N) is 2. The maximum atomic E-state index is 12.8. The van der Waals surface area contributed by atoms with Crippen molar-refractivity contribution in [2.24, 2.45) is 0 Å².